The van der Waals surface area contributed by atoms with Gasteiger partial charge in [-0.2, -0.15) is 0 Å². The van der Waals surface area contributed by atoms with E-state index in [1.54, 1.807) is 0 Å². The van der Waals surface area contributed by atoms with Crippen LogP contribution in [0.15, 0.2) is 30.3 Å². The Morgan fingerprint density at radius 1 is 1.31 bits per heavy atom. The summed E-state index contributed by atoms with van der Waals surface area (Å²) in [6, 6.07) is 10.2. The van der Waals surface area contributed by atoms with Crippen molar-refractivity contribution in [1.82, 2.24) is 0 Å². The van der Waals surface area contributed by atoms with Crippen molar-refractivity contribution < 1.29 is 9.47 Å². The zero-order valence-corrected chi connectivity index (χ0v) is 7.61. The van der Waals surface area contributed by atoms with Gasteiger partial charge in [-0.15, -0.1) is 0 Å². The summed E-state index contributed by atoms with van der Waals surface area (Å²) in [6.45, 7) is 2.33. The van der Waals surface area contributed by atoms with Gasteiger partial charge in [0.1, 0.15) is 0 Å². The van der Waals surface area contributed by atoms with Crippen molar-refractivity contribution in [2.24, 2.45) is 0 Å². The minimum atomic E-state index is 0.351. The van der Waals surface area contributed by atoms with Crippen LogP contribution in [0.4, 0.5) is 0 Å². The molecule has 1 aromatic carbocycles. The van der Waals surface area contributed by atoms with Crippen LogP contribution < -0.4 is 0 Å². The van der Waals surface area contributed by atoms with Crippen LogP contribution in [0.2, 0.25) is 0 Å². The lowest BCUT2D eigenvalue weighted by Gasteiger charge is -2.25. The Morgan fingerprint density at radius 3 is 2.69 bits per heavy atom. The van der Waals surface area contributed by atoms with Crippen LogP contribution in [0.5, 0.6) is 0 Å². The lowest BCUT2D eigenvalue weighted by atomic mass is 10.2. The number of benzene rings is 1. The molecule has 0 aliphatic carbocycles. The zero-order chi connectivity index (χ0) is 8.93. The molecule has 2 rings (SSSR count). The van der Waals surface area contributed by atoms with Gasteiger partial charge in [0.05, 0.1) is 19.3 Å². The summed E-state index contributed by atoms with van der Waals surface area (Å²) in [7, 11) is 0. The molecule has 0 radical (unpaired) electrons. The third-order valence-electron chi connectivity index (χ3n) is 2.21. The quantitative estimate of drug-likeness (QED) is 0.702. The van der Waals surface area contributed by atoms with Gasteiger partial charge in [0, 0.05) is 6.61 Å². The van der Waals surface area contributed by atoms with Gasteiger partial charge in [-0.25, -0.2) is 0 Å². The Labute approximate surface area is 78.5 Å². The van der Waals surface area contributed by atoms with E-state index in [0.29, 0.717) is 12.7 Å². The summed E-state index contributed by atoms with van der Waals surface area (Å²) in [5, 5.41) is 0. The second kappa shape index (κ2) is 4.40. The van der Waals surface area contributed by atoms with Gasteiger partial charge < -0.3 is 9.47 Å². The van der Waals surface area contributed by atoms with Crippen molar-refractivity contribution in [2.45, 2.75) is 19.1 Å². The summed E-state index contributed by atoms with van der Waals surface area (Å²) < 4.78 is 10.7. The predicted octanol–water partition coefficient (Wildman–Crippen LogP) is 1.99. The Balaban J connectivity index is 1.67. The van der Waals surface area contributed by atoms with Gasteiger partial charge in [-0.3, -0.25) is 0 Å². The zero-order valence-electron chi connectivity index (χ0n) is 7.61. The average Bonchev–Trinajstić information content (AvgIpc) is 2.11. The molecule has 0 saturated carbocycles. The first-order valence-electron chi connectivity index (χ1n) is 4.68. The van der Waals surface area contributed by atoms with E-state index in [4.69, 9.17) is 9.47 Å². The Hall–Kier alpha value is -0.860. The number of ether oxygens (including phenoxy) is 2. The molecule has 0 amide bonds. The molecule has 0 aromatic heterocycles. The summed E-state index contributed by atoms with van der Waals surface area (Å²) >= 11 is 0. The van der Waals surface area contributed by atoms with Crippen LogP contribution in [0.25, 0.3) is 0 Å². The molecule has 70 valence electrons. The first kappa shape index (κ1) is 8.73. The molecule has 2 nitrogen and oxygen atoms in total. The average molecular weight is 178 g/mol. The summed E-state index contributed by atoms with van der Waals surface area (Å²) in [4.78, 5) is 0. The maximum absolute atomic E-state index is 5.50. The van der Waals surface area contributed by atoms with E-state index in [-0.39, 0.29) is 0 Å². The minimum absolute atomic E-state index is 0.351. The second-order valence-corrected chi connectivity index (χ2v) is 3.28. The highest BCUT2D eigenvalue weighted by atomic mass is 16.5. The van der Waals surface area contributed by atoms with E-state index >= 15 is 0 Å². The van der Waals surface area contributed by atoms with Crippen LogP contribution in [0.1, 0.15) is 12.0 Å². The highest BCUT2D eigenvalue weighted by Gasteiger charge is 2.17. The Kier molecular flexibility index (Phi) is 2.95. The smallest absolute Gasteiger partial charge is 0.0830 e. The van der Waals surface area contributed by atoms with E-state index in [1.807, 2.05) is 18.2 Å². The summed E-state index contributed by atoms with van der Waals surface area (Å²) in [5.74, 6) is 0. The van der Waals surface area contributed by atoms with Crippen molar-refractivity contribution in [2.75, 3.05) is 13.2 Å². The highest BCUT2D eigenvalue weighted by Crippen LogP contribution is 2.11. The van der Waals surface area contributed by atoms with Crippen LogP contribution in [0, 0.1) is 0 Å². The summed E-state index contributed by atoms with van der Waals surface area (Å²) in [5.41, 5.74) is 1.22. The topological polar surface area (TPSA) is 18.5 Å². The van der Waals surface area contributed by atoms with Crippen LogP contribution in [0.3, 0.4) is 0 Å². The molecule has 1 atom stereocenters. The van der Waals surface area contributed by atoms with Gasteiger partial charge in [-0.05, 0) is 12.0 Å². The van der Waals surface area contributed by atoms with E-state index < -0.39 is 0 Å². The van der Waals surface area contributed by atoms with Gasteiger partial charge in [-0.1, -0.05) is 30.3 Å². The fourth-order valence-electron chi connectivity index (χ4n) is 1.30. The van der Waals surface area contributed by atoms with Gasteiger partial charge in [0.15, 0.2) is 0 Å². The normalized spacial score (nSPS) is 21.1. The predicted molar refractivity (Wildman–Crippen MR) is 50.5 cm³/mol. The standard InChI is InChI=1S/C11H14O2/c1-2-4-10(5-3-1)8-12-9-11-6-7-13-11/h1-5,11H,6-9H2/t11-/m1/s1. The highest BCUT2D eigenvalue weighted by molar-refractivity contribution is 5.13. The lowest BCUT2D eigenvalue weighted by Crippen LogP contribution is -2.31. The molecule has 0 spiro atoms. The third-order valence-corrected chi connectivity index (χ3v) is 2.21. The molecule has 0 N–H and O–H groups in total. The molecule has 1 saturated heterocycles. The molecule has 1 aliphatic rings. The van der Waals surface area contributed by atoms with Gasteiger partial charge >= 0.3 is 0 Å². The largest absolute Gasteiger partial charge is 0.376 e. The lowest BCUT2D eigenvalue weighted by molar-refractivity contribution is -0.0967. The number of hydrogen-bond donors (Lipinski definition) is 0. The second-order valence-electron chi connectivity index (χ2n) is 3.28. The number of rotatable bonds is 4. The van der Waals surface area contributed by atoms with Crippen LogP contribution in [-0.2, 0) is 16.1 Å². The van der Waals surface area contributed by atoms with E-state index in [9.17, 15) is 0 Å². The van der Waals surface area contributed by atoms with Crippen molar-refractivity contribution in [1.29, 1.82) is 0 Å². The van der Waals surface area contributed by atoms with E-state index in [1.165, 1.54) is 5.56 Å². The first-order chi connectivity index (χ1) is 6.45. The van der Waals surface area contributed by atoms with Crippen molar-refractivity contribution >= 4 is 0 Å². The molecule has 1 heterocycles. The van der Waals surface area contributed by atoms with Crippen LogP contribution in [-0.4, -0.2) is 19.3 Å². The maximum Gasteiger partial charge on any atom is 0.0830 e. The molecular formula is C11H14O2. The molecule has 1 aliphatic heterocycles. The Bertz CT molecular complexity index is 242. The van der Waals surface area contributed by atoms with Crippen LogP contribution >= 0.6 is 0 Å². The molecular weight excluding hydrogens is 164 g/mol. The molecule has 1 fully saturated rings. The first-order valence-corrected chi connectivity index (χ1v) is 4.68. The molecule has 0 bridgehead atoms. The molecule has 13 heavy (non-hydrogen) atoms. The fourth-order valence-corrected chi connectivity index (χ4v) is 1.30. The molecule has 2 heteroatoms. The van der Waals surface area contributed by atoms with Gasteiger partial charge in [0.2, 0.25) is 0 Å². The minimum Gasteiger partial charge on any atom is -0.376 e. The maximum atomic E-state index is 5.50. The molecule has 1 aromatic rings. The van der Waals surface area contributed by atoms with Crippen molar-refractivity contribution in [3.63, 3.8) is 0 Å². The monoisotopic (exact) mass is 178 g/mol. The Morgan fingerprint density at radius 2 is 2.08 bits per heavy atom. The number of hydrogen-bond acceptors (Lipinski definition) is 2. The fraction of sp³-hybridized carbons (Fsp3) is 0.455. The van der Waals surface area contributed by atoms with E-state index in [2.05, 4.69) is 12.1 Å². The van der Waals surface area contributed by atoms with Crippen molar-refractivity contribution in [3.05, 3.63) is 35.9 Å². The third kappa shape index (κ3) is 2.54. The SMILES string of the molecule is c1ccc(COC[C@H]2CCO2)cc1. The van der Waals surface area contributed by atoms with Gasteiger partial charge in [0.25, 0.3) is 0 Å². The summed E-state index contributed by atoms with van der Waals surface area (Å²) in [6.07, 6.45) is 1.50. The van der Waals surface area contributed by atoms with Crippen molar-refractivity contribution in [3.8, 4) is 0 Å². The van der Waals surface area contributed by atoms with E-state index in [0.717, 1.165) is 19.6 Å². The molecule has 0 unspecified atom stereocenters.